The van der Waals surface area contributed by atoms with Gasteiger partial charge in [-0.3, -0.25) is 9.59 Å². The van der Waals surface area contributed by atoms with E-state index in [-0.39, 0.29) is 22.3 Å². The monoisotopic (exact) mass is 328 g/mol. The number of nitrogens with one attached hydrogen (secondary N) is 1. The Kier molecular flexibility index (Phi) is 3.67. The number of hydrogen-bond donors (Lipinski definition) is 2. The van der Waals surface area contributed by atoms with Crippen molar-refractivity contribution in [2.75, 3.05) is 0 Å². The van der Waals surface area contributed by atoms with Crippen LogP contribution in [0.1, 0.15) is 26.4 Å². The van der Waals surface area contributed by atoms with Crippen molar-refractivity contribution in [3.8, 4) is 0 Å². The molecule has 3 rings (SSSR count). The summed E-state index contributed by atoms with van der Waals surface area (Å²) in [7, 11) is 0. The van der Waals surface area contributed by atoms with Crippen molar-refractivity contribution in [1.82, 2.24) is 9.97 Å². The first-order chi connectivity index (χ1) is 11.0. The lowest BCUT2D eigenvalue weighted by Crippen LogP contribution is -2.21. The Morgan fingerprint density at radius 3 is 2.35 bits per heavy atom. The zero-order chi connectivity index (χ0) is 16.6. The normalized spacial score (nSPS) is 10.7. The third kappa shape index (κ3) is 2.84. The van der Waals surface area contributed by atoms with E-state index in [1.165, 1.54) is 42.5 Å². The van der Waals surface area contributed by atoms with Crippen LogP contribution in [-0.4, -0.2) is 26.8 Å². The number of H-pyrrole nitrogens is 1. The number of aromatic nitrogens is 2. The van der Waals surface area contributed by atoms with Crippen molar-refractivity contribution in [2.24, 2.45) is 0 Å². The van der Waals surface area contributed by atoms with E-state index in [4.69, 9.17) is 16.7 Å². The van der Waals surface area contributed by atoms with Crippen LogP contribution in [0.5, 0.6) is 0 Å². The van der Waals surface area contributed by atoms with Gasteiger partial charge in [0.25, 0.3) is 5.56 Å². The standard InChI is InChI=1S/C16H9ClN2O4/c17-10-4-1-8(2-5-10)14(20)13-15(21)19-11-6-3-9(16(22)23)7-12(11)18-13/h1-7H,(H,19,21)(H,22,23). The molecule has 0 saturated carbocycles. The second-order valence-corrected chi connectivity index (χ2v) is 5.22. The molecule has 0 radical (unpaired) electrons. The van der Waals surface area contributed by atoms with Crippen molar-refractivity contribution < 1.29 is 14.7 Å². The predicted molar refractivity (Wildman–Crippen MR) is 84.2 cm³/mol. The van der Waals surface area contributed by atoms with Gasteiger partial charge in [0.15, 0.2) is 5.69 Å². The molecule has 7 heteroatoms. The number of hydrogen-bond acceptors (Lipinski definition) is 4. The van der Waals surface area contributed by atoms with Gasteiger partial charge in [0.2, 0.25) is 5.78 Å². The fraction of sp³-hybridized carbons (Fsp3) is 0. The fourth-order valence-corrected chi connectivity index (χ4v) is 2.23. The zero-order valence-corrected chi connectivity index (χ0v) is 12.3. The lowest BCUT2D eigenvalue weighted by Gasteiger charge is -2.03. The number of rotatable bonds is 3. The predicted octanol–water partition coefficient (Wildman–Crippen LogP) is 2.51. The van der Waals surface area contributed by atoms with Gasteiger partial charge < -0.3 is 10.1 Å². The molecule has 0 aliphatic rings. The highest BCUT2D eigenvalue weighted by Gasteiger charge is 2.16. The van der Waals surface area contributed by atoms with Gasteiger partial charge in [-0.05, 0) is 42.5 Å². The highest BCUT2D eigenvalue weighted by Crippen LogP contribution is 2.14. The highest BCUT2D eigenvalue weighted by molar-refractivity contribution is 6.30. The topological polar surface area (TPSA) is 100 Å². The maximum absolute atomic E-state index is 12.4. The van der Waals surface area contributed by atoms with Gasteiger partial charge in [0.1, 0.15) is 0 Å². The molecule has 2 N–H and O–H groups in total. The molecule has 1 aromatic heterocycles. The largest absolute Gasteiger partial charge is 0.478 e. The van der Waals surface area contributed by atoms with E-state index >= 15 is 0 Å². The summed E-state index contributed by atoms with van der Waals surface area (Å²) >= 11 is 5.77. The molecular weight excluding hydrogens is 320 g/mol. The van der Waals surface area contributed by atoms with E-state index in [1.54, 1.807) is 0 Å². The summed E-state index contributed by atoms with van der Waals surface area (Å²) in [6.45, 7) is 0. The van der Waals surface area contributed by atoms with E-state index in [0.29, 0.717) is 10.5 Å². The molecule has 0 bridgehead atoms. The first-order valence-corrected chi connectivity index (χ1v) is 6.91. The Balaban J connectivity index is 2.14. The Bertz CT molecular complexity index is 993. The molecule has 114 valence electrons. The molecule has 0 amide bonds. The lowest BCUT2D eigenvalue weighted by atomic mass is 10.1. The van der Waals surface area contributed by atoms with E-state index in [9.17, 15) is 14.4 Å². The van der Waals surface area contributed by atoms with Gasteiger partial charge in [-0.1, -0.05) is 11.6 Å². The van der Waals surface area contributed by atoms with Crippen LogP contribution < -0.4 is 5.56 Å². The van der Waals surface area contributed by atoms with Gasteiger partial charge in [0.05, 0.1) is 16.6 Å². The van der Waals surface area contributed by atoms with Crippen LogP contribution in [0.2, 0.25) is 5.02 Å². The minimum atomic E-state index is -1.12. The number of halogens is 1. The summed E-state index contributed by atoms with van der Waals surface area (Å²) in [5.74, 6) is -1.68. The van der Waals surface area contributed by atoms with Crippen LogP contribution in [0.25, 0.3) is 11.0 Å². The maximum Gasteiger partial charge on any atom is 0.335 e. The van der Waals surface area contributed by atoms with E-state index in [1.807, 2.05) is 0 Å². The average molecular weight is 329 g/mol. The molecule has 0 saturated heterocycles. The van der Waals surface area contributed by atoms with Gasteiger partial charge in [0, 0.05) is 10.6 Å². The molecule has 6 nitrogen and oxygen atoms in total. The summed E-state index contributed by atoms with van der Waals surface area (Å²) in [6, 6.07) is 10.1. The number of carbonyl (C=O) groups excluding carboxylic acids is 1. The molecule has 2 aromatic carbocycles. The smallest absolute Gasteiger partial charge is 0.335 e. The molecule has 3 aromatic rings. The third-order valence-corrected chi connectivity index (χ3v) is 3.51. The quantitative estimate of drug-likeness (QED) is 0.719. The molecule has 0 fully saturated rings. The van der Waals surface area contributed by atoms with Crippen LogP contribution in [0.15, 0.2) is 47.3 Å². The van der Waals surface area contributed by atoms with E-state index < -0.39 is 17.3 Å². The van der Waals surface area contributed by atoms with Gasteiger partial charge in [-0.25, -0.2) is 9.78 Å². The number of aromatic carboxylic acids is 1. The Hall–Kier alpha value is -2.99. The molecule has 0 spiro atoms. The number of carboxylic acid groups (broad SMARTS) is 1. The third-order valence-electron chi connectivity index (χ3n) is 3.26. The first-order valence-electron chi connectivity index (χ1n) is 6.53. The van der Waals surface area contributed by atoms with Crippen LogP contribution in [0.3, 0.4) is 0 Å². The van der Waals surface area contributed by atoms with Crippen LogP contribution in [0.4, 0.5) is 0 Å². The van der Waals surface area contributed by atoms with Crippen LogP contribution in [0, 0.1) is 0 Å². The van der Waals surface area contributed by atoms with Crippen molar-refractivity contribution in [1.29, 1.82) is 0 Å². The summed E-state index contributed by atoms with van der Waals surface area (Å²) in [5.41, 5.74) is -0.0829. The molecule has 23 heavy (non-hydrogen) atoms. The van der Waals surface area contributed by atoms with Crippen molar-refractivity contribution >= 4 is 34.4 Å². The highest BCUT2D eigenvalue weighted by atomic mass is 35.5. The fourth-order valence-electron chi connectivity index (χ4n) is 2.11. The number of carboxylic acids is 1. The summed E-state index contributed by atoms with van der Waals surface area (Å²) < 4.78 is 0. The van der Waals surface area contributed by atoms with E-state index in [2.05, 4.69) is 9.97 Å². The zero-order valence-electron chi connectivity index (χ0n) is 11.5. The minimum Gasteiger partial charge on any atom is -0.478 e. The van der Waals surface area contributed by atoms with E-state index in [0.717, 1.165) is 0 Å². The SMILES string of the molecule is O=C(O)c1ccc2[nH]c(=O)c(C(=O)c3ccc(Cl)cc3)nc2c1. The number of ketones is 1. The average Bonchev–Trinajstić information content (AvgIpc) is 2.53. The number of aromatic amines is 1. The second kappa shape index (κ2) is 5.66. The van der Waals surface area contributed by atoms with Crippen LogP contribution >= 0.6 is 11.6 Å². The molecule has 0 unspecified atom stereocenters. The Labute approximate surface area is 134 Å². The second-order valence-electron chi connectivity index (χ2n) is 4.79. The number of benzene rings is 2. The lowest BCUT2D eigenvalue weighted by molar-refractivity contribution is 0.0697. The molecule has 0 aliphatic carbocycles. The van der Waals surface area contributed by atoms with Gasteiger partial charge in [-0.2, -0.15) is 0 Å². The number of fused-ring (bicyclic) bond motifs is 1. The number of nitrogens with zero attached hydrogens (tertiary/aromatic N) is 1. The van der Waals surface area contributed by atoms with Gasteiger partial charge >= 0.3 is 5.97 Å². The number of carbonyl (C=O) groups is 2. The molecule has 0 aliphatic heterocycles. The van der Waals surface area contributed by atoms with Crippen molar-refractivity contribution in [3.05, 3.63) is 74.7 Å². The molecular formula is C16H9ClN2O4. The minimum absolute atomic E-state index is 0.0157. The maximum atomic E-state index is 12.4. The van der Waals surface area contributed by atoms with Crippen molar-refractivity contribution in [3.63, 3.8) is 0 Å². The summed E-state index contributed by atoms with van der Waals surface area (Å²) in [6.07, 6.45) is 0. The van der Waals surface area contributed by atoms with Crippen LogP contribution in [-0.2, 0) is 0 Å². The summed E-state index contributed by atoms with van der Waals surface area (Å²) in [4.78, 5) is 42.0. The Morgan fingerprint density at radius 1 is 1.04 bits per heavy atom. The molecule has 0 atom stereocenters. The van der Waals surface area contributed by atoms with Crippen molar-refractivity contribution in [2.45, 2.75) is 0 Å². The molecule has 1 heterocycles. The Morgan fingerprint density at radius 2 is 1.70 bits per heavy atom. The first kappa shape index (κ1) is 14.9. The summed E-state index contributed by atoms with van der Waals surface area (Å²) in [5, 5.41) is 9.47. The van der Waals surface area contributed by atoms with Gasteiger partial charge in [-0.15, -0.1) is 0 Å².